The summed E-state index contributed by atoms with van der Waals surface area (Å²) >= 11 is 0. The number of carbonyl (C=O) groups excluding carboxylic acids is 3. The van der Waals surface area contributed by atoms with E-state index in [2.05, 4.69) is 16.0 Å². The van der Waals surface area contributed by atoms with Gasteiger partial charge in [-0.15, -0.1) is 0 Å². The van der Waals surface area contributed by atoms with Crippen LogP contribution in [0.4, 0.5) is 5.69 Å². The Morgan fingerprint density at radius 3 is 2.32 bits per heavy atom. The zero-order valence-corrected chi connectivity index (χ0v) is 14.0. The molecular formula is C18H23N3O4. The van der Waals surface area contributed by atoms with E-state index in [1.165, 1.54) is 0 Å². The van der Waals surface area contributed by atoms with Crippen molar-refractivity contribution in [2.75, 3.05) is 25.0 Å². The van der Waals surface area contributed by atoms with Crippen molar-refractivity contribution in [3.63, 3.8) is 0 Å². The Morgan fingerprint density at radius 1 is 0.960 bits per heavy atom. The fourth-order valence-electron chi connectivity index (χ4n) is 2.67. The fraction of sp³-hybridized carbons (Fsp3) is 0.500. The Labute approximate surface area is 146 Å². The van der Waals surface area contributed by atoms with Gasteiger partial charge in [0.1, 0.15) is 6.10 Å². The first-order chi connectivity index (χ1) is 12.1. The van der Waals surface area contributed by atoms with Crippen LogP contribution in [-0.2, 0) is 14.3 Å². The molecule has 1 heterocycles. The third-order valence-corrected chi connectivity index (χ3v) is 4.29. The summed E-state index contributed by atoms with van der Waals surface area (Å²) < 4.78 is 5.33. The van der Waals surface area contributed by atoms with Gasteiger partial charge in [0.15, 0.2) is 0 Å². The Kier molecular flexibility index (Phi) is 5.65. The van der Waals surface area contributed by atoms with Gasteiger partial charge in [-0.2, -0.15) is 0 Å². The predicted octanol–water partition coefficient (Wildman–Crippen LogP) is 1.06. The molecule has 1 aromatic carbocycles. The number of carbonyl (C=O) groups is 3. The molecule has 2 aliphatic rings. The Bertz CT molecular complexity index is 634. The number of rotatable bonds is 7. The number of benzene rings is 1. The smallest absolute Gasteiger partial charge is 0.253 e. The van der Waals surface area contributed by atoms with Crippen molar-refractivity contribution >= 4 is 23.4 Å². The van der Waals surface area contributed by atoms with E-state index in [-0.39, 0.29) is 29.7 Å². The summed E-state index contributed by atoms with van der Waals surface area (Å²) in [7, 11) is 0. The molecule has 1 saturated heterocycles. The zero-order chi connectivity index (χ0) is 17.6. The van der Waals surface area contributed by atoms with E-state index >= 15 is 0 Å². The second-order valence-corrected chi connectivity index (χ2v) is 6.39. The van der Waals surface area contributed by atoms with Crippen molar-refractivity contribution in [1.29, 1.82) is 0 Å². The highest BCUT2D eigenvalue weighted by Gasteiger charge is 2.29. The maximum atomic E-state index is 12.0. The van der Waals surface area contributed by atoms with Gasteiger partial charge >= 0.3 is 0 Å². The summed E-state index contributed by atoms with van der Waals surface area (Å²) in [4.78, 5) is 35.5. The van der Waals surface area contributed by atoms with Crippen LogP contribution in [-0.4, -0.2) is 43.5 Å². The van der Waals surface area contributed by atoms with E-state index in [9.17, 15) is 14.4 Å². The molecule has 134 valence electrons. The normalized spacial score (nSPS) is 19.3. The van der Waals surface area contributed by atoms with E-state index < -0.39 is 0 Å². The molecule has 0 radical (unpaired) electrons. The van der Waals surface area contributed by atoms with Gasteiger partial charge in [0.05, 0.1) is 0 Å². The molecule has 3 N–H and O–H groups in total. The summed E-state index contributed by atoms with van der Waals surface area (Å²) in [6.07, 6.45) is 3.19. The molecule has 2 fully saturated rings. The van der Waals surface area contributed by atoms with Gasteiger partial charge in [0, 0.05) is 36.9 Å². The van der Waals surface area contributed by atoms with E-state index in [0.717, 1.165) is 25.7 Å². The van der Waals surface area contributed by atoms with Crippen LogP contribution in [0.15, 0.2) is 24.3 Å². The lowest BCUT2D eigenvalue weighted by molar-refractivity contribution is -0.124. The molecule has 3 amide bonds. The first-order valence-corrected chi connectivity index (χ1v) is 8.72. The number of anilines is 1. The Morgan fingerprint density at radius 2 is 1.68 bits per heavy atom. The quantitative estimate of drug-likeness (QED) is 0.644. The third-order valence-electron chi connectivity index (χ3n) is 4.29. The lowest BCUT2D eigenvalue weighted by atomic mass is 10.2. The van der Waals surface area contributed by atoms with Crippen LogP contribution in [0.25, 0.3) is 0 Å². The van der Waals surface area contributed by atoms with Gasteiger partial charge in [-0.3, -0.25) is 14.4 Å². The molecule has 1 aliphatic carbocycles. The first kappa shape index (κ1) is 17.4. The van der Waals surface area contributed by atoms with Crippen molar-refractivity contribution in [3.8, 4) is 0 Å². The molecular weight excluding hydrogens is 322 g/mol. The van der Waals surface area contributed by atoms with Crippen LogP contribution in [0.2, 0.25) is 0 Å². The minimum absolute atomic E-state index is 0.0700. The van der Waals surface area contributed by atoms with Crippen molar-refractivity contribution < 1.29 is 19.1 Å². The zero-order valence-electron chi connectivity index (χ0n) is 14.0. The van der Waals surface area contributed by atoms with Crippen LogP contribution >= 0.6 is 0 Å². The van der Waals surface area contributed by atoms with Crippen LogP contribution in [0, 0.1) is 5.92 Å². The lowest BCUT2D eigenvalue weighted by Gasteiger charge is -2.11. The van der Waals surface area contributed by atoms with E-state index in [1.54, 1.807) is 24.3 Å². The minimum Gasteiger partial charge on any atom is -0.368 e. The minimum atomic E-state index is -0.381. The maximum absolute atomic E-state index is 12.0. The van der Waals surface area contributed by atoms with Crippen LogP contribution in [0.1, 0.15) is 36.0 Å². The Balaban J connectivity index is 1.40. The molecule has 3 rings (SSSR count). The molecule has 0 aromatic heterocycles. The van der Waals surface area contributed by atoms with Gasteiger partial charge in [-0.25, -0.2) is 0 Å². The number of amides is 3. The molecule has 7 nitrogen and oxygen atoms in total. The van der Waals surface area contributed by atoms with Crippen LogP contribution in [0.5, 0.6) is 0 Å². The van der Waals surface area contributed by atoms with E-state index in [4.69, 9.17) is 4.74 Å². The lowest BCUT2D eigenvalue weighted by Crippen LogP contribution is -2.35. The average molecular weight is 345 g/mol. The van der Waals surface area contributed by atoms with Crippen molar-refractivity contribution in [1.82, 2.24) is 10.6 Å². The van der Waals surface area contributed by atoms with Crippen LogP contribution < -0.4 is 16.0 Å². The molecule has 0 spiro atoms. The topological polar surface area (TPSA) is 96.5 Å². The average Bonchev–Trinajstić information content (AvgIpc) is 3.33. The fourth-order valence-corrected chi connectivity index (χ4v) is 2.67. The van der Waals surface area contributed by atoms with Gasteiger partial charge < -0.3 is 20.7 Å². The molecule has 1 aliphatic heterocycles. The predicted molar refractivity (Wildman–Crippen MR) is 92.1 cm³/mol. The number of hydrogen-bond donors (Lipinski definition) is 3. The van der Waals surface area contributed by atoms with Gasteiger partial charge in [0.2, 0.25) is 5.91 Å². The van der Waals surface area contributed by atoms with Gasteiger partial charge in [0.25, 0.3) is 11.8 Å². The summed E-state index contributed by atoms with van der Waals surface area (Å²) in [5.74, 6) is -0.118. The highest BCUT2D eigenvalue weighted by molar-refractivity contribution is 5.97. The summed E-state index contributed by atoms with van der Waals surface area (Å²) in [5.41, 5.74) is 1.14. The monoisotopic (exact) mass is 345 g/mol. The number of nitrogens with one attached hydrogen (secondary N) is 3. The highest BCUT2D eigenvalue weighted by Crippen LogP contribution is 2.28. The van der Waals surface area contributed by atoms with Crippen LogP contribution in [0.3, 0.4) is 0 Å². The largest absolute Gasteiger partial charge is 0.368 e. The van der Waals surface area contributed by atoms with Gasteiger partial charge in [-0.05, 0) is 49.9 Å². The second-order valence-electron chi connectivity index (χ2n) is 6.39. The standard InChI is InChI=1S/C18H23N3O4/c22-16(12-3-4-12)19-9-10-20-17(23)13-5-7-14(8-6-13)21-18(24)15-2-1-11-25-15/h5-8,12,15H,1-4,9-11H2,(H,19,22)(H,20,23)(H,21,24). The molecule has 1 aromatic rings. The maximum Gasteiger partial charge on any atom is 0.253 e. The molecule has 0 bridgehead atoms. The van der Waals surface area contributed by atoms with Gasteiger partial charge in [-0.1, -0.05) is 0 Å². The molecule has 1 saturated carbocycles. The summed E-state index contributed by atoms with van der Waals surface area (Å²) in [6, 6.07) is 6.69. The van der Waals surface area contributed by atoms with E-state index in [1.807, 2.05) is 0 Å². The molecule has 7 heteroatoms. The Hall–Kier alpha value is -2.41. The summed E-state index contributed by atoms with van der Waals surface area (Å²) in [6.45, 7) is 1.43. The second kappa shape index (κ2) is 8.11. The van der Waals surface area contributed by atoms with Crippen molar-refractivity contribution in [2.45, 2.75) is 31.8 Å². The number of hydrogen-bond acceptors (Lipinski definition) is 4. The van der Waals surface area contributed by atoms with Crippen molar-refractivity contribution in [2.24, 2.45) is 5.92 Å². The SMILES string of the molecule is O=C(NCCNC(=O)C1CC1)c1ccc(NC(=O)C2CCCO2)cc1. The third kappa shape index (κ3) is 5.03. The molecule has 1 unspecified atom stereocenters. The van der Waals surface area contributed by atoms with Crippen molar-refractivity contribution in [3.05, 3.63) is 29.8 Å². The molecule has 25 heavy (non-hydrogen) atoms. The summed E-state index contributed by atoms with van der Waals surface area (Å²) in [5, 5.41) is 8.34. The molecule has 1 atom stereocenters. The highest BCUT2D eigenvalue weighted by atomic mass is 16.5. The first-order valence-electron chi connectivity index (χ1n) is 8.72. The number of ether oxygens (including phenoxy) is 1. The van der Waals surface area contributed by atoms with E-state index in [0.29, 0.717) is 30.9 Å².